The number of rotatable bonds is 10. The Hall–Kier alpha value is 0.0700. The molecule has 0 aliphatic rings. The molecule has 0 aromatic carbocycles. The van der Waals surface area contributed by atoms with Crippen LogP contribution in [0.15, 0.2) is 0 Å². The Morgan fingerprint density at radius 1 is 0.857 bits per heavy atom. The summed E-state index contributed by atoms with van der Waals surface area (Å²) in [4.78, 5) is 0. The van der Waals surface area contributed by atoms with E-state index in [4.69, 9.17) is 9.47 Å². The summed E-state index contributed by atoms with van der Waals surface area (Å²) in [6.45, 7) is 6.88. The zero-order chi connectivity index (χ0) is 10.6. The van der Waals surface area contributed by atoms with Crippen molar-refractivity contribution in [3.05, 3.63) is 0 Å². The Morgan fingerprint density at radius 3 is 1.64 bits per heavy atom. The predicted molar refractivity (Wildman–Crippen MR) is 60.1 cm³/mol. The molecular formula is C10H22O3S. The molecule has 0 radical (unpaired) electrons. The van der Waals surface area contributed by atoms with Crippen LogP contribution in [0.3, 0.4) is 0 Å². The van der Waals surface area contributed by atoms with Gasteiger partial charge in [-0.3, -0.25) is 4.21 Å². The highest BCUT2D eigenvalue weighted by molar-refractivity contribution is 7.85. The first-order valence-corrected chi connectivity index (χ1v) is 6.80. The van der Waals surface area contributed by atoms with Crippen LogP contribution in [0.5, 0.6) is 0 Å². The molecule has 0 aliphatic heterocycles. The fraction of sp³-hybridized carbons (Fsp3) is 1.00. The van der Waals surface area contributed by atoms with Gasteiger partial charge in [0.15, 0.2) is 0 Å². The Kier molecular flexibility index (Phi) is 11.2. The van der Waals surface area contributed by atoms with Gasteiger partial charge in [0.05, 0.1) is 13.2 Å². The van der Waals surface area contributed by atoms with Crippen LogP contribution in [0.25, 0.3) is 0 Å². The lowest BCUT2D eigenvalue weighted by molar-refractivity contribution is 0.147. The van der Waals surface area contributed by atoms with Crippen molar-refractivity contribution in [2.24, 2.45) is 0 Å². The topological polar surface area (TPSA) is 35.5 Å². The molecule has 0 amide bonds. The second-order valence-electron chi connectivity index (χ2n) is 3.07. The largest absolute Gasteiger partial charge is 0.381 e. The van der Waals surface area contributed by atoms with Crippen molar-refractivity contribution >= 4 is 10.8 Å². The molecule has 0 saturated carbocycles. The van der Waals surface area contributed by atoms with E-state index in [0.717, 1.165) is 26.1 Å². The van der Waals surface area contributed by atoms with Crippen molar-refractivity contribution in [1.29, 1.82) is 0 Å². The molecule has 0 fully saturated rings. The van der Waals surface area contributed by atoms with Crippen LogP contribution >= 0.6 is 0 Å². The van der Waals surface area contributed by atoms with Gasteiger partial charge in [-0.2, -0.15) is 0 Å². The molecule has 0 unspecified atom stereocenters. The highest BCUT2D eigenvalue weighted by Gasteiger charge is 1.99. The third-order valence-electron chi connectivity index (χ3n) is 1.61. The smallest absolute Gasteiger partial charge is 0.0581 e. The van der Waals surface area contributed by atoms with Gasteiger partial charge in [0.25, 0.3) is 0 Å². The second kappa shape index (κ2) is 11.1. The standard InChI is InChI=1S/C10H22O3S/c1-3-5-12-7-9-14(11)10-8-13-6-4-2/h3-10H2,1-2H3. The highest BCUT2D eigenvalue weighted by Crippen LogP contribution is 1.88. The molecule has 0 bridgehead atoms. The van der Waals surface area contributed by atoms with Gasteiger partial charge in [0.1, 0.15) is 0 Å². The van der Waals surface area contributed by atoms with Crippen LogP contribution in [0.4, 0.5) is 0 Å². The van der Waals surface area contributed by atoms with E-state index in [2.05, 4.69) is 13.8 Å². The maximum atomic E-state index is 11.3. The van der Waals surface area contributed by atoms with E-state index in [1.165, 1.54) is 0 Å². The van der Waals surface area contributed by atoms with Crippen molar-refractivity contribution in [2.45, 2.75) is 26.7 Å². The molecule has 14 heavy (non-hydrogen) atoms. The molecule has 4 heteroatoms. The minimum absolute atomic E-state index is 0.605. The zero-order valence-corrected chi connectivity index (χ0v) is 10.1. The Labute approximate surface area is 89.6 Å². The van der Waals surface area contributed by atoms with Gasteiger partial charge in [0.2, 0.25) is 0 Å². The number of hydrogen-bond acceptors (Lipinski definition) is 3. The molecule has 0 spiro atoms. The quantitative estimate of drug-likeness (QED) is 0.527. The Morgan fingerprint density at radius 2 is 1.29 bits per heavy atom. The van der Waals surface area contributed by atoms with E-state index in [9.17, 15) is 4.21 Å². The van der Waals surface area contributed by atoms with Crippen LogP contribution in [-0.2, 0) is 20.3 Å². The maximum Gasteiger partial charge on any atom is 0.0581 e. The van der Waals surface area contributed by atoms with Gasteiger partial charge in [0, 0.05) is 35.5 Å². The molecule has 3 nitrogen and oxygen atoms in total. The molecule has 0 atom stereocenters. The van der Waals surface area contributed by atoms with Crippen molar-refractivity contribution in [3.8, 4) is 0 Å². The van der Waals surface area contributed by atoms with E-state index in [1.54, 1.807) is 0 Å². The van der Waals surface area contributed by atoms with Crippen molar-refractivity contribution in [1.82, 2.24) is 0 Å². The predicted octanol–water partition coefficient (Wildman–Crippen LogP) is 1.59. The monoisotopic (exact) mass is 222 g/mol. The molecule has 86 valence electrons. The lowest BCUT2D eigenvalue weighted by Gasteiger charge is -2.04. The van der Waals surface area contributed by atoms with Gasteiger partial charge in [-0.05, 0) is 12.8 Å². The Bertz CT molecular complexity index is 125. The van der Waals surface area contributed by atoms with Gasteiger partial charge >= 0.3 is 0 Å². The summed E-state index contributed by atoms with van der Waals surface area (Å²) in [5.41, 5.74) is 0. The number of hydrogen-bond donors (Lipinski definition) is 0. The van der Waals surface area contributed by atoms with Gasteiger partial charge < -0.3 is 9.47 Å². The van der Waals surface area contributed by atoms with E-state index >= 15 is 0 Å². The molecule has 0 heterocycles. The third kappa shape index (κ3) is 10.2. The minimum Gasteiger partial charge on any atom is -0.381 e. The average molecular weight is 222 g/mol. The first kappa shape index (κ1) is 14.1. The van der Waals surface area contributed by atoms with Gasteiger partial charge in [-0.25, -0.2) is 0 Å². The summed E-state index contributed by atoms with van der Waals surface area (Å²) in [5.74, 6) is 1.27. The van der Waals surface area contributed by atoms with Crippen molar-refractivity contribution < 1.29 is 13.7 Å². The lowest BCUT2D eigenvalue weighted by atomic mass is 10.5. The van der Waals surface area contributed by atoms with Crippen LogP contribution in [0.1, 0.15) is 26.7 Å². The summed E-state index contributed by atoms with van der Waals surface area (Å²) in [7, 11) is -0.777. The molecular weight excluding hydrogens is 200 g/mol. The first-order valence-electron chi connectivity index (χ1n) is 5.31. The number of ether oxygens (including phenoxy) is 2. The molecule has 0 N–H and O–H groups in total. The minimum atomic E-state index is -0.777. The van der Waals surface area contributed by atoms with Crippen LogP contribution < -0.4 is 0 Å². The molecule has 0 aliphatic carbocycles. The summed E-state index contributed by atoms with van der Waals surface area (Å²) in [6, 6.07) is 0. The normalized spacial score (nSPS) is 11.1. The SMILES string of the molecule is CCCOCCS(=O)CCOCCC. The molecule has 0 saturated heterocycles. The Balaban J connectivity index is 3.11. The van der Waals surface area contributed by atoms with Crippen LogP contribution in [0, 0.1) is 0 Å². The van der Waals surface area contributed by atoms with Crippen molar-refractivity contribution in [2.75, 3.05) is 37.9 Å². The van der Waals surface area contributed by atoms with E-state index in [-0.39, 0.29) is 0 Å². The fourth-order valence-corrected chi connectivity index (χ4v) is 1.71. The lowest BCUT2D eigenvalue weighted by Crippen LogP contribution is -2.13. The molecule has 0 rings (SSSR count). The van der Waals surface area contributed by atoms with E-state index in [1.807, 2.05) is 0 Å². The zero-order valence-electron chi connectivity index (χ0n) is 9.29. The summed E-state index contributed by atoms with van der Waals surface area (Å²) in [6.07, 6.45) is 2.04. The highest BCUT2D eigenvalue weighted by atomic mass is 32.2. The van der Waals surface area contributed by atoms with E-state index < -0.39 is 10.8 Å². The third-order valence-corrected chi connectivity index (χ3v) is 2.85. The summed E-state index contributed by atoms with van der Waals surface area (Å²) < 4.78 is 21.8. The first-order chi connectivity index (χ1) is 6.81. The maximum absolute atomic E-state index is 11.3. The molecule has 0 aromatic rings. The summed E-state index contributed by atoms with van der Waals surface area (Å²) >= 11 is 0. The second-order valence-corrected chi connectivity index (χ2v) is 4.77. The van der Waals surface area contributed by atoms with Gasteiger partial charge in [-0.1, -0.05) is 13.8 Å². The summed E-state index contributed by atoms with van der Waals surface area (Å²) in [5, 5.41) is 0. The van der Waals surface area contributed by atoms with E-state index in [0.29, 0.717) is 24.7 Å². The average Bonchev–Trinajstić information content (AvgIpc) is 2.19. The molecule has 0 aromatic heterocycles. The van der Waals surface area contributed by atoms with Gasteiger partial charge in [-0.15, -0.1) is 0 Å². The van der Waals surface area contributed by atoms with Crippen molar-refractivity contribution in [3.63, 3.8) is 0 Å². The fourth-order valence-electron chi connectivity index (χ4n) is 0.899. The van der Waals surface area contributed by atoms with Crippen LogP contribution in [0.2, 0.25) is 0 Å². The van der Waals surface area contributed by atoms with Crippen LogP contribution in [-0.4, -0.2) is 42.1 Å².